The topological polar surface area (TPSA) is 88.8 Å². The number of rotatable bonds is 5. The lowest BCUT2D eigenvalue weighted by Crippen LogP contribution is -2.22. The van der Waals surface area contributed by atoms with Crippen molar-refractivity contribution in [1.29, 1.82) is 0 Å². The van der Waals surface area contributed by atoms with Crippen LogP contribution < -0.4 is 15.5 Å². The number of benzene rings is 1. The zero-order chi connectivity index (χ0) is 14.4. The van der Waals surface area contributed by atoms with Gasteiger partial charge in [0.25, 0.3) is 5.91 Å². The Morgan fingerprint density at radius 3 is 2.70 bits per heavy atom. The second kappa shape index (κ2) is 6.53. The summed E-state index contributed by atoms with van der Waals surface area (Å²) in [5, 5.41) is 11.4. The van der Waals surface area contributed by atoms with Crippen molar-refractivity contribution < 1.29 is 19.1 Å². The third-order valence-electron chi connectivity index (χ3n) is 2.42. The van der Waals surface area contributed by atoms with Crippen molar-refractivity contribution in [3.05, 3.63) is 58.6 Å². The molecule has 1 aromatic heterocycles. The second-order valence-electron chi connectivity index (χ2n) is 3.94. The zero-order valence-electron chi connectivity index (χ0n) is 10.5. The van der Waals surface area contributed by atoms with Crippen LogP contribution in [-0.2, 0) is 11.4 Å². The molecule has 2 N–H and O–H groups in total. The first-order valence-electron chi connectivity index (χ1n) is 5.89. The van der Waals surface area contributed by atoms with Gasteiger partial charge in [0.1, 0.15) is 18.6 Å². The lowest BCUT2D eigenvalue weighted by Gasteiger charge is -2.06. The van der Waals surface area contributed by atoms with E-state index in [2.05, 4.69) is 5.32 Å². The number of nitrogens with one attached hydrogen (secondary N) is 1. The number of carbonyl (C=O) groups excluding carboxylic acids is 1. The molecule has 1 heterocycles. The first-order chi connectivity index (χ1) is 9.69. The molecule has 2 rings (SSSR count). The minimum atomic E-state index is -0.451. The van der Waals surface area contributed by atoms with Crippen LogP contribution in [-0.4, -0.2) is 17.6 Å². The maximum Gasteiger partial charge on any atom is 0.262 e. The van der Waals surface area contributed by atoms with Crippen molar-refractivity contribution >= 4 is 11.6 Å². The van der Waals surface area contributed by atoms with E-state index < -0.39 is 5.43 Å². The Morgan fingerprint density at radius 1 is 1.30 bits per heavy atom. The van der Waals surface area contributed by atoms with Gasteiger partial charge >= 0.3 is 0 Å². The molecule has 0 unspecified atom stereocenters. The van der Waals surface area contributed by atoms with E-state index in [0.29, 0.717) is 5.69 Å². The Balaban J connectivity index is 1.92. The molecule has 0 spiro atoms. The van der Waals surface area contributed by atoms with Crippen LogP contribution in [0.2, 0.25) is 0 Å². The van der Waals surface area contributed by atoms with E-state index in [9.17, 15) is 9.59 Å². The van der Waals surface area contributed by atoms with Gasteiger partial charge in [-0.3, -0.25) is 9.59 Å². The number of hydrogen-bond donors (Lipinski definition) is 2. The summed E-state index contributed by atoms with van der Waals surface area (Å²) < 4.78 is 10.0. The molecular weight excluding hydrogens is 262 g/mol. The quantitative estimate of drug-likeness (QED) is 0.854. The number of aliphatic hydroxyl groups excluding tert-OH is 1. The molecule has 0 fully saturated rings. The summed E-state index contributed by atoms with van der Waals surface area (Å²) >= 11 is 0. The number of para-hydroxylation sites is 1. The first kappa shape index (κ1) is 13.8. The van der Waals surface area contributed by atoms with Crippen molar-refractivity contribution in [2.75, 3.05) is 11.9 Å². The van der Waals surface area contributed by atoms with E-state index in [0.717, 1.165) is 12.3 Å². The van der Waals surface area contributed by atoms with Crippen molar-refractivity contribution in [2.45, 2.75) is 6.61 Å². The average molecular weight is 275 g/mol. The SMILES string of the molecule is O=C(COc1coc(CO)cc1=O)Nc1ccccc1. The molecule has 0 saturated carbocycles. The van der Waals surface area contributed by atoms with Gasteiger partial charge in [-0.05, 0) is 12.1 Å². The van der Waals surface area contributed by atoms with Crippen molar-refractivity contribution in [3.63, 3.8) is 0 Å². The van der Waals surface area contributed by atoms with Gasteiger partial charge in [-0.25, -0.2) is 0 Å². The molecule has 0 bridgehead atoms. The Bertz CT molecular complexity index is 636. The van der Waals surface area contributed by atoms with Gasteiger partial charge < -0.3 is 19.6 Å². The minimum absolute atomic E-state index is 0.0783. The van der Waals surface area contributed by atoms with Crippen LogP contribution in [0.5, 0.6) is 5.75 Å². The van der Waals surface area contributed by atoms with Crippen LogP contribution in [0, 0.1) is 0 Å². The molecule has 0 aliphatic rings. The van der Waals surface area contributed by atoms with Crippen LogP contribution in [0.4, 0.5) is 5.69 Å². The van der Waals surface area contributed by atoms with E-state index in [4.69, 9.17) is 14.3 Å². The van der Waals surface area contributed by atoms with Gasteiger partial charge in [0.05, 0.1) is 0 Å². The van der Waals surface area contributed by atoms with Crippen LogP contribution in [0.25, 0.3) is 0 Å². The zero-order valence-corrected chi connectivity index (χ0v) is 10.5. The molecule has 20 heavy (non-hydrogen) atoms. The molecule has 6 nitrogen and oxygen atoms in total. The van der Waals surface area contributed by atoms with Crippen molar-refractivity contribution in [3.8, 4) is 5.75 Å². The summed E-state index contributed by atoms with van der Waals surface area (Å²) in [7, 11) is 0. The van der Waals surface area contributed by atoms with Crippen LogP contribution >= 0.6 is 0 Å². The highest BCUT2D eigenvalue weighted by Crippen LogP contribution is 2.07. The number of anilines is 1. The monoisotopic (exact) mass is 275 g/mol. The van der Waals surface area contributed by atoms with Gasteiger partial charge in [0, 0.05) is 11.8 Å². The predicted octanol–water partition coefficient (Wildman–Crippen LogP) is 1.15. The van der Waals surface area contributed by atoms with E-state index >= 15 is 0 Å². The van der Waals surface area contributed by atoms with Crippen LogP contribution in [0.1, 0.15) is 5.76 Å². The fourth-order valence-corrected chi connectivity index (χ4v) is 1.49. The van der Waals surface area contributed by atoms with Gasteiger partial charge in [0.15, 0.2) is 6.61 Å². The van der Waals surface area contributed by atoms with Crippen molar-refractivity contribution in [1.82, 2.24) is 0 Å². The third-order valence-corrected chi connectivity index (χ3v) is 2.42. The summed E-state index contributed by atoms with van der Waals surface area (Å²) in [6, 6.07) is 10.0. The minimum Gasteiger partial charge on any atom is -0.477 e. The summed E-state index contributed by atoms with van der Waals surface area (Å²) in [4.78, 5) is 23.2. The standard InChI is InChI=1S/C14H13NO5/c16-7-11-6-12(17)13(8-19-11)20-9-14(18)15-10-4-2-1-3-5-10/h1-6,8,16H,7,9H2,(H,15,18). The number of carbonyl (C=O) groups is 1. The molecule has 104 valence electrons. The molecule has 0 saturated heterocycles. The average Bonchev–Trinajstić information content (AvgIpc) is 2.47. The molecule has 0 radical (unpaired) electrons. The van der Waals surface area contributed by atoms with Gasteiger partial charge in [0.2, 0.25) is 11.2 Å². The van der Waals surface area contributed by atoms with E-state index in [1.54, 1.807) is 24.3 Å². The highest BCUT2D eigenvalue weighted by molar-refractivity contribution is 5.91. The Kier molecular flexibility index (Phi) is 4.52. The smallest absolute Gasteiger partial charge is 0.262 e. The Labute approximate surface area is 114 Å². The lowest BCUT2D eigenvalue weighted by molar-refractivity contribution is -0.118. The second-order valence-corrected chi connectivity index (χ2v) is 3.94. The summed E-state index contributed by atoms with van der Waals surface area (Å²) in [6.07, 6.45) is 1.07. The number of hydrogen-bond acceptors (Lipinski definition) is 5. The first-order valence-corrected chi connectivity index (χ1v) is 5.89. The largest absolute Gasteiger partial charge is 0.477 e. The maximum absolute atomic E-state index is 11.6. The van der Waals surface area contributed by atoms with Crippen LogP contribution in [0.15, 0.2) is 51.9 Å². The molecule has 6 heteroatoms. The summed E-state index contributed by atoms with van der Waals surface area (Å²) in [5.41, 5.74) is 0.191. The third kappa shape index (κ3) is 3.69. The van der Waals surface area contributed by atoms with Crippen LogP contribution in [0.3, 0.4) is 0 Å². The Hall–Kier alpha value is -2.60. The number of ether oxygens (including phenoxy) is 1. The normalized spacial score (nSPS) is 10.1. The van der Waals surface area contributed by atoms with Crippen molar-refractivity contribution in [2.24, 2.45) is 0 Å². The fourth-order valence-electron chi connectivity index (χ4n) is 1.49. The van der Waals surface area contributed by atoms with Gasteiger partial charge in [-0.15, -0.1) is 0 Å². The van der Waals surface area contributed by atoms with Gasteiger partial charge in [-0.1, -0.05) is 18.2 Å². The maximum atomic E-state index is 11.6. The predicted molar refractivity (Wildman–Crippen MR) is 71.5 cm³/mol. The molecule has 0 aliphatic carbocycles. The molecule has 0 atom stereocenters. The number of aliphatic hydroxyl groups is 1. The van der Waals surface area contributed by atoms with E-state index in [1.165, 1.54) is 0 Å². The summed E-state index contributed by atoms with van der Waals surface area (Å²) in [6.45, 7) is -0.678. The Morgan fingerprint density at radius 2 is 2.05 bits per heavy atom. The van der Waals surface area contributed by atoms with Gasteiger partial charge in [-0.2, -0.15) is 0 Å². The summed E-state index contributed by atoms with van der Waals surface area (Å²) in [5.74, 6) is -0.330. The van der Waals surface area contributed by atoms with E-state index in [1.807, 2.05) is 6.07 Å². The highest BCUT2D eigenvalue weighted by Gasteiger charge is 2.07. The molecule has 0 aliphatic heterocycles. The molecule has 1 amide bonds. The highest BCUT2D eigenvalue weighted by atomic mass is 16.5. The molecule has 1 aromatic carbocycles. The number of amides is 1. The fraction of sp³-hybridized carbons (Fsp3) is 0.143. The molecule has 2 aromatic rings. The molecular formula is C14H13NO5. The van der Waals surface area contributed by atoms with E-state index in [-0.39, 0.29) is 30.6 Å². The lowest BCUT2D eigenvalue weighted by atomic mass is 10.3.